The molecule has 0 radical (unpaired) electrons. The normalized spacial score (nSPS) is 26.3. The maximum absolute atomic E-state index is 6.25. The largest absolute Gasteiger partial charge is 0.338 e. The van der Waals surface area contributed by atoms with Gasteiger partial charge in [-0.25, -0.2) is 0 Å². The first-order valence-electron chi connectivity index (χ1n) is 7.93. The number of hydrogen-bond acceptors (Lipinski definition) is 4. The first-order valence-corrected chi connectivity index (χ1v) is 9.29. The topological polar surface area (TPSA) is 28.5 Å². The van der Waals surface area contributed by atoms with Crippen LogP contribution in [0.25, 0.3) is 0 Å². The number of amidine groups is 1. The molecule has 0 unspecified atom stereocenters. The van der Waals surface area contributed by atoms with E-state index in [0.717, 1.165) is 28.1 Å². The van der Waals surface area contributed by atoms with Gasteiger partial charge in [-0.3, -0.25) is 9.98 Å². The van der Waals surface area contributed by atoms with E-state index in [1.807, 2.05) is 42.2 Å². The Labute approximate surface area is 145 Å². The number of aliphatic imine (C=N–C) groups is 1. The lowest BCUT2D eigenvalue weighted by Crippen LogP contribution is -2.35. The summed E-state index contributed by atoms with van der Waals surface area (Å²) in [4.78, 5) is 12.0. The average molecular weight is 344 g/mol. The van der Waals surface area contributed by atoms with Gasteiger partial charge in [0.05, 0.1) is 11.7 Å². The summed E-state index contributed by atoms with van der Waals surface area (Å²) in [7, 11) is 0. The number of aromatic nitrogens is 1. The van der Waals surface area contributed by atoms with Crippen molar-refractivity contribution in [3.8, 4) is 0 Å². The minimum absolute atomic E-state index is 0.0338. The van der Waals surface area contributed by atoms with Crippen LogP contribution < -0.4 is 0 Å². The molecule has 3 nitrogen and oxygen atoms in total. The monoisotopic (exact) mass is 343 g/mol. The van der Waals surface area contributed by atoms with E-state index in [9.17, 15) is 0 Å². The van der Waals surface area contributed by atoms with Crippen molar-refractivity contribution in [3.05, 3.63) is 64.9 Å². The van der Waals surface area contributed by atoms with Crippen molar-refractivity contribution < 1.29 is 0 Å². The van der Waals surface area contributed by atoms with Crippen LogP contribution in [0, 0.1) is 0 Å². The number of halogens is 1. The highest BCUT2D eigenvalue weighted by molar-refractivity contribution is 8.14. The smallest absolute Gasteiger partial charge is 0.160 e. The Morgan fingerprint density at radius 1 is 1.26 bits per heavy atom. The van der Waals surface area contributed by atoms with Gasteiger partial charge in [0.1, 0.15) is 6.04 Å². The van der Waals surface area contributed by atoms with Crippen molar-refractivity contribution in [1.29, 1.82) is 0 Å². The summed E-state index contributed by atoms with van der Waals surface area (Å²) in [6, 6.07) is 15.0. The molecule has 0 saturated carbocycles. The van der Waals surface area contributed by atoms with Crippen molar-refractivity contribution in [2.45, 2.75) is 31.5 Å². The van der Waals surface area contributed by atoms with E-state index in [1.54, 1.807) is 0 Å². The molecule has 1 aromatic carbocycles. The molecule has 2 aromatic rings. The van der Waals surface area contributed by atoms with Gasteiger partial charge in [-0.2, -0.15) is 0 Å². The minimum Gasteiger partial charge on any atom is -0.338 e. The first kappa shape index (κ1) is 15.0. The summed E-state index contributed by atoms with van der Waals surface area (Å²) in [5.74, 6) is 1.11. The summed E-state index contributed by atoms with van der Waals surface area (Å²) >= 11 is 8.12. The summed E-state index contributed by atoms with van der Waals surface area (Å²) in [5, 5.41) is 1.92. The van der Waals surface area contributed by atoms with E-state index >= 15 is 0 Å². The molecule has 2 aliphatic rings. The summed E-state index contributed by atoms with van der Waals surface area (Å²) < 4.78 is 0. The van der Waals surface area contributed by atoms with Gasteiger partial charge in [-0.1, -0.05) is 48.5 Å². The highest BCUT2D eigenvalue weighted by Gasteiger charge is 2.45. The lowest BCUT2D eigenvalue weighted by Gasteiger charge is -2.32. The zero-order valence-corrected chi connectivity index (χ0v) is 14.5. The summed E-state index contributed by atoms with van der Waals surface area (Å²) in [6.45, 7) is 2.25. The molecule has 0 bridgehead atoms. The third-order valence-electron chi connectivity index (χ3n) is 4.52. The summed E-state index contributed by atoms with van der Waals surface area (Å²) in [5.41, 5.74) is 2.24. The Balaban J connectivity index is 1.80. The molecule has 1 aromatic heterocycles. The number of thioether (sulfide) groups is 1. The molecule has 0 spiro atoms. The molecule has 3 heterocycles. The number of rotatable bonds is 3. The molecule has 3 atom stereocenters. The molecule has 0 amide bonds. The molecular formula is C18H18ClN3S. The molecule has 0 aliphatic carbocycles. The third kappa shape index (κ3) is 2.64. The molecule has 23 heavy (non-hydrogen) atoms. The van der Waals surface area contributed by atoms with Crippen LogP contribution in [0.5, 0.6) is 0 Å². The zero-order chi connectivity index (χ0) is 15.8. The van der Waals surface area contributed by atoms with Crippen LogP contribution >= 0.6 is 23.4 Å². The van der Waals surface area contributed by atoms with E-state index < -0.39 is 0 Å². The van der Waals surface area contributed by atoms with E-state index in [0.29, 0.717) is 6.04 Å². The molecule has 2 aliphatic heterocycles. The fourth-order valence-electron chi connectivity index (χ4n) is 3.40. The van der Waals surface area contributed by atoms with Gasteiger partial charge in [-0.05, 0) is 36.2 Å². The van der Waals surface area contributed by atoms with Crippen LogP contribution in [0.3, 0.4) is 0 Å². The van der Waals surface area contributed by atoms with Crippen molar-refractivity contribution in [2.24, 2.45) is 4.99 Å². The third-order valence-corrected chi connectivity index (χ3v) is 5.88. The van der Waals surface area contributed by atoms with E-state index in [4.69, 9.17) is 16.6 Å². The summed E-state index contributed by atoms with van der Waals surface area (Å²) in [6.07, 6.45) is 2.97. The van der Waals surface area contributed by atoms with Crippen LogP contribution in [-0.4, -0.2) is 26.8 Å². The lowest BCUT2D eigenvalue weighted by atomic mass is 9.95. The molecule has 0 N–H and O–H groups in total. The molecule has 1 saturated heterocycles. The second-order valence-electron chi connectivity index (χ2n) is 5.89. The maximum Gasteiger partial charge on any atom is 0.160 e. The standard InChI is InChI=1S/C18H18ClN3S/c1-2-14-11-23-18-21-16(15-8-3-4-9-20-15)17(22(14)18)12-6-5-7-13(19)10-12/h3-10,14,16-17H,2,11H2,1H3/t14-,16-,17+/m1/s1. The average Bonchev–Trinajstić information content (AvgIpc) is 3.14. The van der Waals surface area contributed by atoms with Crippen molar-refractivity contribution in [2.75, 3.05) is 5.75 Å². The van der Waals surface area contributed by atoms with Crippen LogP contribution in [0.15, 0.2) is 53.7 Å². The van der Waals surface area contributed by atoms with E-state index in [-0.39, 0.29) is 12.1 Å². The van der Waals surface area contributed by atoms with Crippen LogP contribution in [-0.2, 0) is 0 Å². The van der Waals surface area contributed by atoms with Crippen molar-refractivity contribution in [1.82, 2.24) is 9.88 Å². The fraction of sp³-hybridized carbons (Fsp3) is 0.333. The van der Waals surface area contributed by atoms with Gasteiger partial charge < -0.3 is 4.90 Å². The fourth-order valence-corrected chi connectivity index (χ4v) is 4.94. The SMILES string of the molecule is CC[C@@H]1CSC2=N[C@H](c3ccccn3)[C@H](c3cccc(Cl)c3)N21. The second-order valence-corrected chi connectivity index (χ2v) is 7.31. The van der Waals surface area contributed by atoms with Crippen LogP contribution in [0.1, 0.15) is 36.7 Å². The first-order chi connectivity index (χ1) is 11.3. The predicted molar refractivity (Wildman–Crippen MR) is 97.0 cm³/mol. The van der Waals surface area contributed by atoms with Gasteiger partial charge in [0.15, 0.2) is 5.17 Å². The Morgan fingerprint density at radius 3 is 2.91 bits per heavy atom. The van der Waals surface area contributed by atoms with Gasteiger partial charge in [0.25, 0.3) is 0 Å². The Morgan fingerprint density at radius 2 is 2.17 bits per heavy atom. The Bertz CT molecular complexity index is 734. The lowest BCUT2D eigenvalue weighted by molar-refractivity contribution is 0.255. The van der Waals surface area contributed by atoms with Crippen LogP contribution in [0.4, 0.5) is 0 Å². The second kappa shape index (κ2) is 6.17. The predicted octanol–water partition coefficient (Wildman–Crippen LogP) is 4.71. The Kier molecular flexibility index (Phi) is 4.04. The van der Waals surface area contributed by atoms with Crippen molar-refractivity contribution in [3.63, 3.8) is 0 Å². The number of nitrogens with zero attached hydrogens (tertiary/aromatic N) is 3. The number of benzene rings is 1. The molecule has 118 valence electrons. The minimum atomic E-state index is 0.0338. The van der Waals surface area contributed by atoms with Gasteiger partial charge in [-0.15, -0.1) is 0 Å². The maximum atomic E-state index is 6.25. The van der Waals surface area contributed by atoms with E-state index in [2.05, 4.69) is 35.0 Å². The van der Waals surface area contributed by atoms with E-state index in [1.165, 1.54) is 5.56 Å². The number of fused-ring (bicyclic) bond motifs is 1. The molecule has 5 heteroatoms. The van der Waals surface area contributed by atoms with Gasteiger partial charge in [0.2, 0.25) is 0 Å². The van der Waals surface area contributed by atoms with Crippen LogP contribution in [0.2, 0.25) is 5.02 Å². The number of hydrogen-bond donors (Lipinski definition) is 0. The quantitative estimate of drug-likeness (QED) is 0.807. The van der Waals surface area contributed by atoms with Gasteiger partial charge >= 0.3 is 0 Å². The zero-order valence-electron chi connectivity index (χ0n) is 12.9. The molecule has 1 fully saturated rings. The highest BCUT2D eigenvalue weighted by atomic mass is 35.5. The highest BCUT2D eigenvalue weighted by Crippen LogP contribution is 2.48. The van der Waals surface area contributed by atoms with Gasteiger partial charge in [0, 0.05) is 23.0 Å². The van der Waals surface area contributed by atoms with Crippen molar-refractivity contribution >= 4 is 28.5 Å². The number of pyridine rings is 1. The molecule has 4 rings (SSSR count). The molecular weight excluding hydrogens is 326 g/mol. The Hall–Kier alpha value is -1.52.